The molecule has 0 spiro atoms. The van der Waals surface area contributed by atoms with Crippen LogP contribution in [0.2, 0.25) is 10.0 Å². The molecule has 1 aliphatic heterocycles. The quantitative estimate of drug-likeness (QED) is 0.177. The fraction of sp³-hybridized carbons (Fsp3) is 0.500. The molecule has 1 aliphatic rings. The number of benzene rings is 2. The number of hydrogen-bond acceptors (Lipinski definition) is 6. The molecule has 2 unspecified atom stereocenters. The van der Waals surface area contributed by atoms with E-state index in [0.717, 1.165) is 24.6 Å². The topological polar surface area (TPSA) is 66.8 Å². The van der Waals surface area contributed by atoms with Gasteiger partial charge in [0, 0.05) is 29.5 Å². The van der Waals surface area contributed by atoms with Gasteiger partial charge in [0.25, 0.3) is 0 Å². The van der Waals surface area contributed by atoms with Crippen molar-refractivity contribution < 1.29 is 18.9 Å². The number of halogens is 2. The lowest BCUT2D eigenvalue weighted by atomic mass is 10.1. The van der Waals surface area contributed by atoms with E-state index in [1.807, 2.05) is 41.1 Å². The Morgan fingerprint density at radius 1 is 1.00 bits per heavy atom. The van der Waals surface area contributed by atoms with E-state index in [0.29, 0.717) is 42.0 Å². The van der Waals surface area contributed by atoms with E-state index in [4.69, 9.17) is 42.1 Å². The Kier molecular flexibility index (Phi) is 11.8. The molecule has 0 bridgehead atoms. The Balaban J connectivity index is 1.21. The van der Waals surface area contributed by atoms with Crippen LogP contribution >= 0.6 is 23.2 Å². The largest absolute Gasteiger partial charge is 0.492 e. The van der Waals surface area contributed by atoms with Gasteiger partial charge in [-0.1, -0.05) is 68.3 Å². The molecule has 2 heterocycles. The maximum atomic E-state index is 6.55. The van der Waals surface area contributed by atoms with E-state index in [-0.39, 0.29) is 6.10 Å². The highest BCUT2D eigenvalue weighted by molar-refractivity contribution is 6.35. The van der Waals surface area contributed by atoms with Crippen molar-refractivity contribution in [1.82, 2.24) is 14.9 Å². The van der Waals surface area contributed by atoms with Gasteiger partial charge < -0.3 is 28.8 Å². The molecular weight excluding hydrogens is 537 g/mol. The Morgan fingerprint density at radius 3 is 2.51 bits per heavy atom. The summed E-state index contributed by atoms with van der Waals surface area (Å²) in [5.41, 5.74) is 0.715. The molecule has 0 radical (unpaired) electrons. The molecule has 3 aromatic rings. The molecule has 0 amide bonds. The molecule has 212 valence electrons. The van der Waals surface area contributed by atoms with E-state index >= 15 is 0 Å². The Hall–Kier alpha value is -2.29. The molecule has 2 atom stereocenters. The summed E-state index contributed by atoms with van der Waals surface area (Å²) < 4.78 is 26.4. The number of nitrogens with one attached hydrogen (secondary N) is 1. The van der Waals surface area contributed by atoms with E-state index in [2.05, 4.69) is 17.2 Å². The smallest absolute Gasteiger partial charge is 0.215 e. The van der Waals surface area contributed by atoms with Gasteiger partial charge in [-0.15, -0.1) is 0 Å². The maximum Gasteiger partial charge on any atom is 0.215 e. The predicted octanol–water partition coefficient (Wildman–Crippen LogP) is 6.87. The molecule has 1 N–H and O–H groups in total. The van der Waals surface area contributed by atoms with Crippen LogP contribution in [0.15, 0.2) is 61.2 Å². The summed E-state index contributed by atoms with van der Waals surface area (Å²) in [6.45, 7) is 5.85. The standard InChI is InChI=1S/C30H39Cl2N3O4/c1-2-3-4-5-6-7-14-33-16-18-36-25-9-11-26(12-10-25)37-20-27-21-38-30(39-27,22-35-17-15-34-23-35)28-13-8-24(31)19-29(28)32/h8-13,15,17,19,23,27,33H,2-7,14,16,18,20-22H2,1H3. The summed E-state index contributed by atoms with van der Waals surface area (Å²) in [5.74, 6) is 0.488. The highest BCUT2D eigenvalue weighted by Gasteiger charge is 2.45. The highest BCUT2D eigenvalue weighted by Crippen LogP contribution is 2.40. The normalized spacial score (nSPS) is 18.9. The van der Waals surface area contributed by atoms with Gasteiger partial charge in [0.15, 0.2) is 0 Å². The zero-order valence-electron chi connectivity index (χ0n) is 22.6. The third-order valence-corrected chi connectivity index (χ3v) is 7.21. The van der Waals surface area contributed by atoms with Crippen LogP contribution in [0.5, 0.6) is 11.5 Å². The van der Waals surface area contributed by atoms with Crippen LogP contribution in [0.1, 0.15) is 51.0 Å². The minimum absolute atomic E-state index is 0.283. The Labute approximate surface area is 241 Å². The second-order valence-corrected chi connectivity index (χ2v) is 10.7. The first-order valence-corrected chi connectivity index (χ1v) is 14.6. The molecule has 4 rings (SSSR count). The Morgan fingerprint density at radius 2 is 1.77 bits per heavy atom. The van der Waals surface area contributed by atoms with E-state index in [9.17, 15) is 0 Å². The van der Waals surface area contributed by atoms with Gasteiger partial charge in [0.2, 0.25) is 5.79 Å². The summed E-state index contributed by atoms with van der Waals surface area (Å²) in [7, 11) is 0. The summed E-state index contributed by atoms with van der Waals surface area (Å²) in [6, 6.07) is 13.0. The average molecular weight is 577 g/mol. The van der Waals surface area contributed by atoms with Gasteiger partial charge in [-0.25, -0.2) is 4.98 Å². The average Bonchev–Trinajstić information content (AvgIpc) is 3.60. The fourth-order valence-corrected chi connectivity index (χ4v) is 5.15. The van der Waals surface area contributed by atoms with Gasteiger partial charge in [-0.3, -0.25) is 0 Å². The molecule has 2 aromatic carbocycles. The number of ether oxygens (including phenoxy) is 4. The number of unbranched alkanes of at least 4 members (excludes halogenated alkanes) is 5. The van der Waals surface area contributed by atoms with E-state index in [1.165, 1.54) is 38.5 Å². The van der Waals surface area contributed by atoms with Crippen LogP contribution in [0, 0.1) is 0 Å². The predicted molar refractivity (Wildman–Crippen MR) is 155 cm³/mol. The lowest BCUT2D eigenvalue weighted by Gasteiger charge is -2.30. The molecule has 9 heteroatoms. The third-order valence-electron chi connectivity index (χ3n) is 6.67. The third kappa shape index (κ3) is 9.12. The molecule has 1 fully saturated rings. The minimum atomic E-state index is -1.07. The van der Waals surface area contributed by atoms with Crippen molar-refractivity contribution in [2.45, 2.75) is 63.9 Å². The maximum absolute atomic E-state index is 6.55. The second-order valence-electron chi connectivity index (χ2n) is 9.81. The van der Waals surface area contributed by atoms with Crippen LogP contribution in [0.4, 0.5) is 0 Å². The van der Waals surface area contributed by atoms with Gasteiger partial charge in [0.1, 0.15) is 30.8 Å². The first-order chi connectivity index (χ1) is 19.1. The van der Waals surface area contributed by atoms with Crippen molar-refractivity contribution in [2.75, 3.05) is 32.9 Å². The van der Waals surface area contributed by atoms with E-state index < -0.39 is 5.79 Å². The monoisotopic (exact) mass is 575 g/mol. The molecule has 7 nitrogen and oxygen atoms in total. The van der Waals surface area contributed by atoms with Crippen LogP contribution in [0.25, 0.3) is 0 Å². The van der Waals surface area contributed by atoms with Gasteiger partial charge >= 0.3 is 0 Å². The van der Waals surface area contributed by atoms with Crippen LogP contribution in [-0.2, 0) is 21.8 Å². The van der Waals surface area contributed by atoms with Crippen molar-refractivity contribution in [3.8, 4) is 11.5 Å². The number of hydrogen-bond donors (Lipinski definition) is 1. The van der Waals surface area contributed by atoms with Crippen molar-refractivity contribution in [3.05, 3.63) is 76.8 Å². The van der Waals surface area contributed by atoms with Gasteiger partial charge in [-0.2, -0.15) is 0 Å². The Bertz CT molecular complexity index is 1110. The van der Waals surface area contributed by atoms with Crippen molar-refractivity contribution in [3.63, 3.8) is 0 Å². The number of nitrogens with zero attached hydrogens (tertiary/aromatic N) is 2. The molecule has 1 aromatic heterocycles. The molecule has 0 aliphatic carbocycles. The summed E-state index contributed by atoms with van der Waals surface area (Å²) >= 11 is 12.7. The zero-order chi connectivity index (χ0) is 27.3. The molecular formula is C30H39Cl2N3O4. The SMILES string of the molecule is CCCCCCCCNCCOc1ccc(OCC2COC(Cn3ccnc3)(c3ccc(Cl)cc3Cl)O2)cc1. The second kappa shape index (κ2) is 15.5. The lowest BCUT2D eigenvalue weighted by Crippen LogP contribution is -2.34. The summed E-state index contributed by atoms with van der Waals surface area (Å²) in [5, 5.41) is 4.49. The number of rotatable bonds is 17. The van der Waals surface area contributed by atoms with Crippen LogP contribution < -0.4 is 14.8 Å². The number of imidazole rings is 1. The molecule has 1 saturated heterocycles. The van der Waals surface area contributed by atoms with Crippen molar-refractivity contribution in [2.24, 2.45) is 0 Å². The van der Waals surface area contributed by atoms with Crippen molar-refractivity contribution in [1.29, 1.82) is 0 Å². The van der Waals surface area contributed by atoms with Gasteiger partial charge in [0.05, 0.1) is 24.5 Å². The lowest BCUT2D eigenvalue weighted by molar-refractivity contribution is -0.189. The van der Waals surface area contributed by atoms with E-state index in [1.54, 1.807) is 24.7 Å². The summed E-state index contributed by atoms with van der Waals surface area (Å²) in [6.07, 6.45) is 12.9. The highest BCUT2D eigenvalue weighted by atomic mass is 35.5. The van der Waals surface area contributed by atoms with Crippen LogP contribution in [-0.4, -0.2) is 48.6 Å². The first kappa shape index (κ1) is 29.7. The zero-order valence-corrected chi connectivity index (χ0v) is 24.1. The first-order valence-electron chi connectivity index (χ1n) is 13.9. The van der Waals surface area contributed by atoms with Gasteiger partial charge in [-0.05, 0) is 49.4 Å². The molecule has 39 heavy (non-hydrogen) atoms. The minimum Gasteiger partial charge on any atom is -0.492 e. The summed E-state index contributed by atoms with van der Waals surface area (Å²) in [4.78, 5) is 4.13. The number of aromatic nitrogens is 2. The fourth-order valence-electron chi connectivity index (χ4n) is 4.59. The molecule has 0 saturated carbocycles. The van der Waals surface area contributed by atoms with Crippen molar-refractivity contribution >= 4 is 23.2 Å². The van der Waals surface area contributed by atoms with Crippen LogP contribution in [0.3, 0.4) is 0 Å².